The predicted octanol–water partition coefficient (Wildman–Crippen LogP) is 3.00. The molecule has 0 heterocycles. The van der Waals surface area contributed by atoms with E-state index in [0.717, 1.165) is 9.84 Å². The number of halogens is 1. The third kappa shape index (κ3) is 1.61. The van der Waals surface area contributed by atoms with Crippen LogP contribution in [0.4, 0.5) is 0 Å². The molecule has 0 aromatic rings. The maximum absolute atomic E-state index is 2.57. The zero-order valence-corrected chi connectivity index (χ0v) is 7.52. The maximum Gasteiger partial charge on any atom is 0.0112 e. The highest BCUT2D eigenvalue weighted by molar-refractivity contribution is 14.1. The molecule has 0 amide bonds. The van der Waals surface area contributed by atoms with Crippen LogP contribution in [-0.4, -0.2) is 3.92 Å². The molecule has 1 aliphatic rings. The molecule has 48 valence electrons. The molecule has 1 fully saturated rings. The molecule has 1 heteroatoms. The average Bonchev–Trinajstić information content (AvgIpc) is 2.14. The molecule has 0 unspecified atom stereocenters. The van der Waals surface area contributed by atoms with E-state index in [1.54, 1.807) is 0 Å². The molecule has 0 nitrogen and oxygen atoms in total. The molecule has 0 radical (unpaired) electrons. The monoisotopic (exact) mass is 224 g/mol. The molecule has 1 rings (SSSR count). The fraction of sp³-hybridized carbons (Fsp3) is 1.00. The molecule has 8 heavy (non-hydrogen) atoms. The van der Waals surface area contributed by atoms with Gasteiger partial charge in [0.05, 0.1) is 0 Å². The van der Waals surface area contributed by atoms with Crippen molar-refractivity contribution in [3.63, 3.8) is 0 Å². The highest BCUT2D eigenvalue weighted by Gasteiger charge is 2.19. The van der Waals surface area contributed by atoms with Gasteiger partial charge >= 0.3 is 0 Å². The summed E-state index contributed by atoms with van der Waals surface area (Å²) in [5, 5.41) is 0. The first-order chi connectivity index (χ1) is 3.83. The van der Waals surface area contributed by atoms with Crippen molar-refractivity contribution in [3.05, 3.63) is 0 Å². The second-order valence-electron chi connectivity index (χ2n) is 2.68. The second-order valence-corrected chi connectivity index (χ2v) is 4.45. The van der Waals surface area contributed by atoms with Crippen molar-refractivity contribution in [2.24, 2.45) is 5.92 Å². The molecule has 1 aliphatic carbocycles. The largest absolute Gasteiger partial charge is 0.0826 e. The van der Waals surface area contributed by atoms with Crippen molar-refractivity contribution in [2.75, 3.05) is 0 Å². The molecule has 0 bridgehead atoms. The van der Waals surface area contributed by atoms with Gasteiger partial charge in [-0.2, -0.15) is 0 Å². The Balaban J connectivity index is 2.22. The summed E-state index contributed by atoms with van der Waals surface area (Å²) in [6.07, 6.45) is 5.85. The average molecular weight is 224 g/mol. The molecular formula is C7H13I. The lowest BCUT2D eigenvalue weighted by molar-refractivity contribution is 0.533. The zero-order valence-electron chi connectivity index (χ0n) is 5.36. The minimum atomic E-state index is 0.998. The predicted molar refractivity (Wildman–Crippen MR) is 45.4 cm³/mol. The van der Waals surface area contributed by atoms with Gasteiger partial charge < -0.3 is 0 Å². The van der Waals surface area contributed by atoms with Gasteiger partial charge in [0.25, 0.3) is 0 Å². The Labute approximate surface area is 65.2 Å². The van der Waals surface area contributed by atoms with Crippen LogP contribution in [0.5, 0.6) is 0 Å². The van der Waals surface area contributed by atoms with Gasteiger partial charge in [0.15, 0.2) is 0 Å². The van der Waals surface area contributed by atoms with Crippen LogP contribution >= 0.6 is 22.6 Å². The Morgan fingerprint density at radius 2 is 2.25 bits per heavy atom. The van der Waals surface area contributed by atoms with Gasteiger partial charge in [-0.15, -0.1) is 0 Å². The molecular weight excluding hydrogens is 211 g/mol. The first-order valence-electron chi connectivity index (χ1n) is 3.47. The van der Waals surface area contributed by atoms with E-state index in [4.69, 9.17) is 0 Å². The first kappa shape index (κ1) is 6.84. The molecule has 1 saturated carbocycles. The molecule has 0 N–H and O–H groups in total. The smallest absolute Gasteiger partial charge is 0.0112 e. The van der Waals surface area contributed by atoms with Crippen LogP contribution in [0.3, 0.4) is 0 Å². The normalized spacial score (nSPS) is 38.2. The third-order valence-electron chi connectivity index (χ3n) is 2.05. The molecule has 0 aromatic heterocycles. The summed E-state index contributed by atoms with van der Waals surface area (Å²) in [4.78, 5) is 0. The van der Waals surface area contributed by atoms with Crippen molar-refractivity contribution >= 4 is 22.6 Å². The van der Waals surface area contributed by atoms with Crippen LogP contribution in [0.1, 0.15) is 32.6 Å². The lowest BCUT2D eigenvalue weighted by Gasteiger charge is -2.01. The van der Waals surface area contributed by atoms with Gasteiger partial charge in [-0.05, 0) is 25.2 Å². The summed E-state index contributed by atoms with van der Waals surface area (Å²) in [6, 6.07) is 0. The second kappa shape index (κ2) is 3.04. The van der Waals surface area contributed by atoms with Crippen LogP contribution in [0.25, 0.3) is 0 Å². The van der Waals surface area contributed by atoms with Gasteiger partial charge in [-0.3, -0.25) is 0 Å². The topological polar surface area (TPSA) is 0 Å². The quantitative estimate of drug-likeness (QED) is 0.474. The summed E-state index contributed by atoms with van der Waals surface area (Å²) in [5.41, 5.74) is 0. The summed E-state index contributed by atoms with van der Waals surface area (Å²) >= 11 is 2.57. The number of rotatable bonds is 1. The lowest BCUT2D eigenvalue weighted by Crippen LogP contribution is -1.91. The Hall–Kier alpha value is 0.730. The van der Waals surface area contributed by atoms with Gasteiger partial charge in [-0.1, -0.05) is 35.9 Å². The van der Waals surface area contributed by atoms with E-state index >= 15 is 0 Å². The van der Waals surface area contributed by atoms with Crippen LogP contribution in [-0.2, 0) is 0 Å². The minimum Gasteiger partial charge on any atom is -0.0826 e. The maximum atomic E-state index is 2.57. The summed E-state index contributed by atoms with van der Waals surface area (Å²) in [5.74, 6) is 1.07. The number of hydrogen-bond donors (Lipinski definition) is 0. The molecule has 0 aliphatic heterocycles. The third-order valence-corrected chi connectivity index (χ3v) is 3.19. The van der Waals surface area contributed by atoms with Crippen LogP contribution in [0, 0.1) is 5.92 Å². The first-order valence-corrected chi connectivity index (χ1v) is 4.71. The van der Waals surface area contributed by atoms with Gasteiger partial charge in [0.1, 0.15) is 0 Å². The van der Waals surface area contributed by atoms with E-state index in [9.17, 15) is 0 Å². The highest BCUT2D eigenvalue weighted by Crippen LogP contribution is 2.32. The lowest BCUT2D eigenvalue weighted by atomic mass is 10.1. The van der Waals surface area contributed by atoms with E-state index in [-0.39, 0.29) is 0 Å². The summed E-state index contributed by atoms with van der Waals surface area (Å²) < 4.78 is 0.998. The van der Waals surface area contributed by atoms with Crippen molar-refractivity contribution in [1.82, 2.24) is 0 Å². The van der Waals surface area contributed by atoms with E-state index in [0.29, 0.717) is 0 Å². The van der Waals surface area contributed by atoms with Crippen molar-refractivity contribution < 1.29 is 0 Å². The molecule has 0 spiro atoms. The fourth-order valence-corrected chi connectivity index (χ4v) is 2.46. The van der Waals surface area contributed by atoms with E-state index in [1.165, 1.54) is 25.7 Å². The summed E-state index contributed by atoms with van der Waals surface area (Å²) in [7, 11) is 0. The minimum absolute atomic E-state index is 0.998. The number of alkyl halides is 1. The molecule has 0 aromatic carbocycles. The summed E-state index contributed by atoms with van der Waals surface area (Å²) in [6.45, 7) is 2.30. The van der Waals surface area contributed by atoms with Gasteiger partial charge in [-0.25, -0.2) is 0 Å². The molecule has 0 saturated heterocycles. The van der Waals surface area contributed by atoms with Crippen molar-refractivity contribution in [2.45, 2.75) is 36.5 Å². The number of hydrogen-bond acceptors (Lipinski definition) is 0. The Kier molecular flexibility index (Phi) is 2.60. The van der Waals surface area contributed by atoms with E-state index in [1.807, 2.05) is 0 Å². The molecule has 2 atom stereocenters. The van der Waals surface area contributed by atoms with Gasteiger partial charge in [0, 0.05) is 3.92 Å². The Bertz CT molecular complexity index is 70.8. The SMILES string of the molecule is CC[C@@H]1CC[C@H](I)C1. The van der Waals surface area contributed by atoms with Crippen molar-refractivity contribution in [1.29, 1.82) is 0 Å². The van der Waals surface area contributed by atoms with Crippen molar-refractivity contribution in [3.8, 4) is 0 Å². The zero-order chi connectivity index (χ0) is 5.98. The van der Waals surface area contributed by atoms with E-state index < -0.39 is 0 Å². The Morgan fingerprint density at radius 1 is 1.50 bits per heavy atom. The van der Waals surface area contributed by atoms with Crippen LogP contribution < -0.4 is 0 Å². The standard InChI is InChI=1S/C7H13I/c1-2-6-3-4-7(8)5-6/h6-7H,2-5H2,1H3/t6-,7+/m1/s1. The van der Waals surface area contributed by atoms with E-state index in [2.05, 4.69) is 29.5 Å². The van der Waals surface area contributed by atoms with Crippen LogP contribution in [0.2, 0.25) is 0 Å². The fourth-order valence-electron chi connectivity index (χ4n) is 1.38. The highest BCUT2D eigenvalue weighted by atomic mass is 127. The van der Waals surface area contributed by atoms with Gasteiger partial charge in [0.2, 0.25) is 0 Å². The Morgan fingerprint density at radius 3 is 2.50 bits per heavy atom. The van der Waals surface area contributed by atoms with Crippen LogP contribution in [0.15, 0.2) is 0 Å².